The van der Waals surface area contributed by atoms with Gasteiger partial charge in [0.1, 0.15) is 0 Å². The Bertz CT molecular complexity index is 1150. The zero-order valence-electron chi connectivity index (χ0n) is 17.6. The third kappa shape index (κ3) is 4.03. The van der Waals surface area contributed by atoms with Gasteiger partial charge in [-0.1, -0.05) is 54.2 Å². The minimum absolute atomic E-state index is 0.0164. The summed E-state index contributed by atoms with van der Waals surface area (Å²) >= 11 is 1.27. The average molecular weight is 452 g/mol. The minimum atomic E-state index is -0.520. The van der Waals surface area contributed by atoms with E-state index in [0.717, 1.165) is 5.56 Å². The Morgan fingerprint density at radius 3 is 2.66 bits per heavy atom. The van der Waals surface area contributed by atoms with Gasteiger partial charge in [0.15, 0.2) is 10.9 Å². The summed E-state index contributed by atoms with van der Waals surface area (Å²) in [5, 5.41) is 11.0. The average Bonchev–Trinajstić information content (AvgIpc) is 3.09. The van der Waals surface area contributed by atoms with Crippen molar-refractivity contribution in [1.29, 1.82) is 0 Å². The van der Waals surface area contributed by atoms with E-state index in [1.54, 1.807) is 30.9 Å². The molecule has 1 fully saturated rings. The number of thioether (sulfide) groups is 1. The fourth-order valence-corrected chi connectivity index (χ4v) is 5.09. The highest BCUT2D eigenvalue weighted by atomic mass is 32.2. The Labute approximate surface area is 189 Å². The summed E-state index contributed by atoms with van der Waals surface area (Å²) in [4.78, 5) is 42.8. The number of carbonyl (C=O) groups excluding carboxylic acids is 2. The second-order valence-electron chi connectivity index (χ2n) is 7.41. The smallest absolute Gasteiger partial charge is 0.357 e. The van der Waals surface area contributed by atoms with Gasteiger partial charge in [-0.3, -0.25) is 19.8 Å². The van der Waals surface area contributed by atoms with Crippen molar-refractivity contribution in [3.8, 4) is 0 Å². The monoisotopic (exact) mass is 451 g/mol. The van der Waals surface area contributed by atoms with Crippen molar-refractivity contribution in [3.05, 3.63) is 87.1 Å². The van der Waals surface area contributed by atoms with Gasteiger partial charge in [-0.05, 0) is 37.0 Å². The maximum absolute atomic E-state index is 13.4. The van der Waals surface area contributed by atoms with Crippen LogP contribution in [0.5, 0.6) is 0 Å². The molecule has 0 N–H and O–H groups in total. The van der Waals surface area contributed by atoms with Crippen LogP contribution in [0.4, 0.5) is 5.69 Å². The summed E-state index contributed by atoms with van der Waals surface area (Å²) in [6.07, 6.45) is 0.315. The minimum Gasteiger partial charge on any atom is -0.461 e. The number of benzene rings is 2. The first-order valence-electron chi connectivity index (χ1n) is 10.1. The highest BCUT2D eigenvalue weighted by Crippen LogP contribution is 2.43. The molecule has 164 valence electrons. The molecular formula is C23H21N3O5S. The maximum atomic E-state index is 13.4. The fourth-order valence-electron chi connectivity index (χ4n) is 3.89. The molecule has 0 unspecified atom stereocenters. The molecule has 0 aromatic heterocycles. The number of non-ortho nitro benzene ring substituents is 1. The van der Waals surface area contributed by atoms with E-state index in [1.807, 2.05) is 30.3 Å². The van der Waals surface area contributed by atoms with Crippen LogP contribution >= 0.6 is 11.8 Å². The molecule has 0 aliphatic carbocycles. The number of carbonyl (C=O) groups is 2. The van der Waals surface area contributed by atoms with Crippen molar-refractivity contribution in [2.45, 2.75) is 31.6 Å². The molecule has 4 rings (SSSR count). The third-order valence-electron chi connectivity index (χ3n) is 5.34. The Morgan fingerprint density at radius 1 is 1.22 bits per heavy atom. The molecule has 0 saturated carbocycles. The van der Waals surface area contributed by atoms with E-state index in [2.05, 4.69) is 4.99 Å². The molecule has 2 aliphatic rings. The molecule has 2 heterocycles. The van der Waals surface area contributed by atoms with E-state index in [9.17, 15) is 19.7 Å². The second-order valence-corrected chi connectivity index (χ2v) is 8.58. The van der Waals surface area contributed by atoms with Gasteiger partial charge in [0.25, 0.3) is 5.69 Å². The quantitative estimate of drug-likeness (QED) is 0.373. The molecule has 32 heavy (non-hydrogen) atoms. The number of rotatable bonds is 6. The van der Waals surface area contributed by atoms with Gasteiger partial charge in [-0.2, -0.15) is 0 Å². The third-order valence-corrected chi connectivity index (χ3v) is 6.49. The number of esters is 1. The molecule has 0 spiro atoms. The van der Waals surface area contributed by atoms with Crippen LogP contribution in [-0.4, -0.2) is 38.7 Å². The predicted octanol–water partition coefficient (Wildman–Crippen LogP) is 4.03. The summed E-state index contributed by atoms with van der Waals surface area (Å²) in [6, 6.07) is 15.3. The number of nitro groups is 1. The van der Waals surface area contributed by atoms with E-state index in [4.69, 9.17) is 4.74 Å². The molecule has 1 amide bonds. The van der Waals surface area contributed by atoms with Crippen LogP contribution in [0.3, 0.4) is 0 Å². The number of ether oxygens (including phenoxy) is 1. The molecule has 0 radical (unpaired) electrons. The number of fused-ring (bicyclic) bond motifs is 1. The largest absolute Gasteiger partial charge is 0.461 e. The van der Waals surface area contributed by atoms with Crippen LogP contribution in [0, 0.1) is 10.1 Å². The van der Waals surface area contributed by atoms with E-state index in [-0.39, 0.29) is 23.9 Å². The van der Waals surface area contributed by atoms with Gasteiger partial charge in [-0.25, -0.2) is 9.79 Å². The Balaban J connectivity index is 1.70. The topological polar surface area (TPSA) is 102 Å². The number of aliphatic imine (C=N–C) groups is 1. The lowest BCUT2D eigenvalue weighted by atomic mass is 9.95. The van der Waals surface area contributed by atoms with Gasteiger partial charge >= 0.3 is 5.97 Å². The van der Waals surface area contributed by atoms with Crippen LogP contribution in [0.25, 0.3) is 0 Å². The lowest BCUT2D eigenvalue weighted by molar-refractivity contribution is -0.384. The normalized spacial score (nSPS) is 20.1. The van der Waals surface area contributed by atoms with Crippen LogP contribution in [0.15, 0.2) is 70.9 Å². The van der Waals surface area contributed by atoms with Crippen molar-refractivity contribution in [1.82, 2.24) is 4.90 Å². The van der Waals surface area contributed by atoms with Crippen LogP contribution < -0.4 is 0 Å². The first-order valence-corrected chi connectivity index (χ1v) is 11.0. The van der Waals surface area contributed by atoms with Gasteiger partial charge in [-0.15, -0.1) is 0 Å². The lowest BCUT2D eigenvalue weighted by Crippen LogP contribution is -2.39. The number of nitro benzene ring substituents is 1. The number of amidine groups is 1. The number of hydrogen-bond acceptors (Lipinski definition) is 7. The molecule has 2 aromatic carbocycles. The molecular weight excluding hydrogens is 430 g/mol. The van der Waals surface area contributed by atoms with Crippen molar-refractivity contribution < 1.29 is 19.2 Å². The Kier molecular flexibility index (Phi) is 6.09. The zero-order chi connectivity index (χ0) is 22.8. The van der Waals surface area contributed by atoms with Crippen molar-refractivity contribution in [3.63, 3.8) is 0 Å². The van der Waals surface area contributed by atoms with Crippen molar-refractivity contribution in [2.24, 2.45) is 4.99 Å². The number of nitrogens with zero attached hydrogens (tertiary/aromatic N) is 3. The molecule has 1 saturated heterocycles. The molecule has 0 bridgehead atoms. The molecule has 2 aliphatic heterocycles. The van der Waals surface area contributed by atoms with E-state index in [0.29, 0.717) is 22.7 Å². The van der Waals surface area contributed by atoms with E-state index < -0.39 is 22.2 Å². The predicted molar refractivity (Wildman–Crippen MR) is 121 cm³/mol. The first kappa shape index (κ1) is 21.8. The molecule has 9 heteroatoms. The fraction of sp³-hybridized carbons (Fsp3) is 0.261. The Hall–Kier alpha value is -3.46. The summed E-state index contributed by atoms with van der Waals surface area (Å²) in [5.74, 6) is -0.662. The summed E-state index contributed by atoms with van der Waals surface area (Å²) in [6.45, 7) is 3.74. The Morgan fingerprint density at radius 2 is 1.97 bits per heavy atom. The molecule has 2 aromatic rings. The standard InChI is InChI=1S/C23H21N3O5S/c1-3-31-22(28)19-14(2)20(16-9-5-4-6-10-16)25-21(27)18(32-23(25)24-19)13-15-8-7-11-17(12-15)26(29)30/h4-12,18,20H,3,13H2,1-2H3/t18-,20-/m0/s1. The first-order chi connectivity index (χ1) is 15.4. The molecule has 2 atom stereocenters. The van der Waals surface area contributed by atoms with Gasteiger partial charge in [0, 0.05) is 12.1 Å². The van der Waals surface area contributed by atoms with Crippen molar-refractivity contribution in [2.75, 3.05) is 6.61 Å². The summed E-state index contributed by atoms with van der Waals surface area (Å²) in [5.41, 5.74) is 2.39. The lowest BCUT2D eigenvalue weighted by Gasteiger charge is -2.32. The zero-order valence-corrected chi connectivity index (χ0v) is 18.4. The van der Waals surface area contributed by atoms with Gasteiger partial charge in [0.05, 0.1) is 22.8 Å². The summed E-state index contributed by atoms with van der Waals surface area (Å²) in [7, 11) is 0. The van der Waals surface area contributed by atoms with Crippen LogP contribution in [-0.2, 0) is 20.7 Å². The summed E-state index contributed by atoms with van der Waals surface area (Å²) < 4.78 is 5.19. The SMILES string of the molecule is CCOC(=O)C1=C(C)[C@@H](c2ccccc2)N2C(=O)[C@H](Cc3cccc([N+](=O)[O-])c3)SC2=N1. The number of amides is 1. The highest BCUT2D eigenvalue weighted by Gasteiger charge is 2.46. The van der Waals surface area contributed by atoms with Crippen LogP contribution in [0.2, 0.25) is 0 Å². The van der Waals surface area contributed by atoms with E-state index in [1.165, 1.54) is 23.9 Å². The molecule has 8 nitrogen and oxygen atoms in total. The van der Waals surface area contributed by atoms with E-state index >= 15 is 0 Å². The number of hydrogen-bond donors (Lipinski definition) is 0. The maximum Gasteiger partial charge on any atom is 0.357 e. The van der Waals surface area contributed by atoms with Gasteiger partial charge in [0.2, 0.25) is 5.91 Å². The van der Waals surface area contributed by atoms with Crippen molar-refractivity contribution >= 4 is 34.5 Å². The van der Waals surface area contributed by atoms with Crippen LogP contribution in [0.1, 0.15) is 31.0 Å². The van der Waals surface area contributed by atoms with Gasteiger partial charge < -0.3 is 4.74 Å². The second kappa shape index (κ2) is 8.96. The highest BCUT2D eigenvalue weighted by molar-refractivity contribution is 8.15.